The third-order valence-electron chi connectivity index (χ3n) is 4.64. The molecule has 1 atom stereocenters. The molecule has 3 saturated heterocycles. The molecular formula is C16H22N2O2. The van der Waals surface area contributed by atoms with Crippen molar-refractivity contribution >= 4 is 11.7 Å². The molecule has 1 N–H and O–H groups in total. The van der Waals surface area contributed by atoms with Crippen molar-refractivity contribution in [2.24, 2.45) is 5.92 Å². The SMILES string of the molecule is COC(=O)c1ccc(NC2CN3CCC2CC3)c(C)c1. The maximum atomic E-state index is 11.5. The molecule has 0 spiro atoms. The number of hydrogen-bond acceptors (Lipinski definition) is 4. The third kappa shape index (κ3) is 2.52. The standard InChI is InChI=1S/C16H22N2O2/c1-11-9-13(16(19)20-2)3-4-14(11)17-15-10-18-7-5-12(15)6-8-18/h3-4,9,12,15,17H,5-8,10H2,1-2H3. The zero-order valence-corrected chi connectivity index (χ0v) is 12.2. The molecule has 0 saturated carbocycles. The molecule has 3 aliphatic heterocycles. The van der Waals surface area contributed by atoms with Crippen LogP contribution in [-0.4, -0.2) is 43.7 Å². The zero-order chi connectivity index (χ0) is 14.1. The summed E-state index contributed by atoms with van der Waals surface area (Å²) in [6.07, 6.45) is 2.61. The zero-order valence-electron chi connectivity index (χ0n) is 12.2. The van der Waals surface area contributed by atoms with Gasteiger partial charge in [0.1, 0.15) is 0 Å². The fraction of sp³-hybridized carbons (Fsp3) is 0.562. The fourth-order valence-electron chi connectivity index (χ4n) is 3.40. The molecule has 3 heterocycles. The van der Waals surface area contributed by atoms with Gasteiger partial charge in [0.25, 0.3) is 0 Å². The summed E-state index contributed by atoms with van der Waals surface area (Å²) in [5.74, 6) is 0.516. The number of rotatable bonds is 3. The molecule has 1 unspecified atom stereocenters. The number of ether oxygens (including phenoxy) is 1. The summed E-state index contributed by atoms with van der Waals surface area (Å²) in [6.45, 7) is 5.69. The first-order chi connectivity index (χ1) is 9.67. The highest BCUT2D eigenvalue weighted by Gasteiger charge is 2.34. The maximum Gasteiger partial charge on any atom is 0.337 e. The van der Waals surface area contributed by atoms with Gasteiger partial charge < -0.3 is 15.0 Å². The van der Waals surface area contributed by atoms with Crippen molar-refractivity contribution in [1.82, 2.24) is 4.90 Å². The first kappa shape index (κ1) is 13.4. The van der Waals surface area contributed by atoms with Crippen LogP contribution >= 0.6 is 0 Å². The van der Waals surface area contributed by atoms with E-state index in [-0.39, 0.29) is 5.97 Å². The first-order valence-corrected chi connectivity index (χ1v) is 7.35. The Balaban J connectivity index is 1.73. The topological polar surface area (TPSA) is 41.6 Å². The minimum Gasteiger partial charge on any atom is -0.465 e. The number of fused-ring (bicyclic) bond motifs is 3. The van der Waals surface area contributed by atoms with Crippen LogP contribution in [0.15, 0.2) is 18.2 Å². The minimum atomic E-state index is -0.275. The van der Waals surface area contributed by atoms with Gasteiger partial charge in [-0.15, -0.1) is 0 Å². The van der Waals surface area contributed by atoms with Gasteiger partial charge in [-0.3, -0.25) is 0 Å². The van der Waals surface area contributed by atoms with Gasteiger partial charge in [0, 0.05) is 18.3 Å². The molecule has 0 aromatic heterocycles. The van der Waals surface area contributed by atoms with Crippen LogP contribution in [0.5, 0.6) is 0 Å². The molecule has 4 heteroatoms. The molecule has 0 aliphatic carbocycles. The van der Waals surface area contributed by atoms with Gasteiger partial charge >= 0.3 is 5.97 Å². The van der Waals surface area contributed by atoms with E-state index < -0.39 is 0 Å². The van der Waals surface area contributed by atoms with Crippen molar-refractivity contribution < 1.29 is 9.53 Å². The number of esters is 1. The summed E-state index contributed by atoms with van der Waals surface area (Å²) in [7, 11) is 1.41. The lowest BCUT2D eigenvalue weighted by Crippen LogP contribution is -2.53. The number of carbonyl (C=O) groups is 1. The lowest BCUT2D eigenvalue weighted by Gasteiger charge is -2.45. The normalized spacial score (nSPS) is 28.2. The van der Waals surface area contributed by atoms with Crippen molar-refractivity contribution in [1.29, 1.82) is 0 Å². The Morgan fingerprint density at radius 3 is 2.65 bits per heavy atom. The Kier molecular flexibility index (Phi) is 3.66. The highest BCUT2D eigenvalue weighted by molar-refractivity contribution is 5.90. The molecule has 20 heavy (non-hydrogen) atoms. The summed E-state index contributed by atoms with van der Waals surface area (Å²) < 4.78 is 4.76. The number of aryl methyl sites for hydroxylation is 1. The Labute approximate surface area is 120 Å². The highest BCUT2D eigenvalue weighted by atomic mass is 16.5. The predicted octanol–water partition coefficient (Wildman–Crippen LogP) is 2.29. The molecule has 108 valence electrons. The summed E-state index contributed by atoms with van der Waals surface area (Å²) in [5, 5.41) is 3.67. The van der Waals surface area contributed by atoms with Crippen LogP contribution in [0.4, 0.5) is 5.69 Å². The molecule has 1 aromatic rings. The number of nitrogens with one attached hydrogen (secondary N) is 1. The monoisotopic (exact) mass is 274 g/mol. The molecule has 0 radical (unpaired) electrons. The van der Waals surface area contributed by atoms with Gasteiger partial charge in [0.2, 0.25) is 0 Å². The summed E-state index contributed by atoms with van der Waals surface area (Å²) in [4.78, 5) is 14.1. The van der Waals surface area contributed by atoms with Crippen molar-refractivity contribution in [3.63, 3.8) is 0 Å². The highest BCUT2D eigenvalue weighted by Crippen LogP contribution is 2.30. The van der Waals surface area contributed by atoms with E-state index in [1.807, 2.05) is 25.1 Å². The number of hydrogen-bond donors (Lipinski definition) is 1. The summed E-state index contributed by atoms with van der Waals surface area (Å²) in [6, 6.07) is 6.28. The lowest BCUT2D eigenvalue weighted by molar-refractivity contribution is 0.0600. The average Bonchev–Trinajstić information content (AvgIpc) is 2.49. The Bertz CT molecular complexity index is 507. The summed E-state index contributed by atoms with van der Waals surface area (Å²) in [5.41, 5.74) is 2.85. The van der Waals surface area contributed by atoms with E-state index in [0.717, 1.165) is 23.7 Å². The van der Waals surface area contributed by atoms with E-state index >= 15 is 0 Å². The van der Waals surface area contributed by atoms with Crippen molar-refractivity contribution in [3.05, 3.63) is 29.3 Å². The molecule has 4 nitrogen and oxygen atoms in total. The van der Waals surface area contributed by atoms with E-state index in [4.69, 9.17) is 4.74 Å². The number of nitrogens with zero attached hydrogens (tertiary/aromatic N) is 1. The van der Waals surface area contributed by atoms with E-state index in [2.05, 4.69) is 10.2 Å². The quantitative estimate of drug-likeness (QED) is 0.859. The number of carbonyl (C=O) groups excluding carboxylic acids is 1. The summed E-state index contributed by atoms with van der Waals surface area (Å²) >= 11 is 0. The molecule has 0 amide bonds. The van der Waals surface area contributed by atoms with Crippen LogP contribution < -0.4 is 5.32 Å². The fourth-order valence-corrected chi connectivity index (χ4v) is 3.40. The molecule has 1 aromatic carbocycles. The number of methoxy groups -OCH3 is 1. The third-order valence-corrected chi connectivity index (χ3v) is 4.64. The number of benzene rings is 1. The van der Waals surface area contributed by atoms with E-state index in [1.54, 1.807) is 0 Å². The van der Waals surface area contributed by atoms with Crippen molar-refractivity contribution in [3.8, 4) is 0 Å². The average molecular weight is 274 g/mol. The maximum absolute atomic E-state index is 11.5. The Morgan fingerprint density at radius 2 is 2.10 bits per heavy atom. The molecule has 2 bridgehead atoms. The first-order valence-electron chi connectivity index (χ1n) is 7.35. The second kappa shape index (κ2) is 5.44. The van der Waals surface area contributed by atoms with Crippen LogP contribution in [0.1, 0.15) is 28.8 Å². The van der Waals surface area contributed by atoms with Crippen LogP contribution in [0.25, 0.3) is 0 Å². The van der Waals surface area contributed by atoms with E-state index in [9.17, 15) is 4.79 Å². The lowest BCUT2D eigenvalue weighted by atomic mass is 9.84. The molecule has 3 aliphatic rings. The van der Waals surface area contributed by atoms with E-state index in [1.165, 1.54) is 33.0 Å². The molecule has 3 fully saturated rings. The Hall–Kier alpha value is -1.55. The van der Waals surface area contributed by atoms with Gasteiger partial charge in [-0.25, -0.2) is 4.79 Å². The van der Waals surface area contributed by atoms with Crippen LogP contribution in [0.2, 0.25) is 0 Å². The van der Waals surface area contributed by atoms with E-state index in [0.29, 0.717) is 11.6 Å². The molecule has 4 rings (SSSR count). The second-order valence-electron chi connectivity index (χ2n) is 5.91. The molecular weight excluding hydrogens is 252 g/mol. The van der Waals surface area contributed by atoms with Gasteiger partial charge in [0.15, 0.2) is 0 Å². The number of piperidine rings is 3. The van der Waals surface area contributed by atoms with Crippen LogP contribution in [0, 0.1) is 12.8 Å². The van der Waals surface area contributed by atoms with Crippen LogP contribution in [-0.2, 0) is 4.74 Å². The van der Waals surface area contributed by atoms with Crippen molar-refractivity contribution in [2.75, 3.05) is 32.1 Å². The van der Waals surface area contributed by atoms with Gasteiger partial charge in [-0.2, -0.15) is 0 Å². The minimum absolute atomic E-state index is 0.275. The Morgan fingerprint density at radius 1 is 1.35 bits per heavy atom. The second-order valence-corrected chi connectivity index (χ2v) is 5.91. The van der Waals surface area contributed by atoms with Gasteiger partial charge in [0.05, 0.1) is 12.7 Å². The largest absolute Gasteiger partial charge is 0.465 e. The smallest absolute Gasteiger partial charge is 0.337 e. The predicted molar refractivity (Wildman–Crippen MR) is 79.1 cm³/mol. The van der Waals surface area contributed by atoms with Crippen LogP contribution in [0.3, 0.4) is 0 Å². The van der Waals surface area contributed by atoms with Gasteiger partial charge in [-0.1, -0.05) is 0 Å². The number of anilines is 1. The van der Waals surface area contributed by atoms with Gasteiger partial charge in [-0.05, 0) is 62.5 Å². The van der Waals surface area contributed by atoms with Crippen molar-refractivity contribution in [2.45, 2.75) is 25.8 Å².